The van der Waals surface area contributed by atoms with Crippen LogP contribution in [0.4, 0.5) is 5.82 Å². The Morgan fingerprint density at radius 2 is 2.08 bits per heavy atom. The van der Waals surface area contributed by atoms with E-state index in [2.05, 4.69) is 36.8 Å². The number of hydrogen-bond acceptors (Lipinski definition) is 7. The van der Waals surface area contributed by atoms with Crippen LogP contribution in [-0.4, -0.2) is 51.1 Å². The average Bonchev–Trinajstić information content (AvgIpc) is 3.07. The molecule has 0 amide bonds. The minimum atomic E-state index is -0.466. The second-order valence-electron chi connectivity index (χ2n) is 6.12. The van der Waals surface area contributed by atoms with Crippen molar-refractivity contribution in [2.24, 2.45) is 0 Å². The van der Waals surface area contributed by atoms with E-state index in [1.54, 1.807) is 10.9 Å². The van der Waals surface area contributed by atoms with Crippen LogP contribution >= 0.6 is 0 Å². The van der Waals surface area contributed by atoms with Crippen LogP contribution in [0.1, 0.15) is 46.5 Å². The van der Waals surface area contributed by atoms with Crippen LogP contribution < -0.4 is 4.90 Å². The number of methoxy groups -OCH3 is 1. The van der Waals surface area contributed by atoms with Gasteiger partial charge in [-0.25, -0.2) is 19.4 Å². The molecule has 8 nitrogen and oxygen atoms in total. The summed E-state index contributed by atoms with van der Waals surface area (Å²) in [5.41, 5.74) is 2.35. The lowest BCUT2D eigenvalue weighted by Gasteiger charge is -2.34. The van der Waals surface area contributed by atoms with Gasteiger partial charge in [0.2, 0.25) is 0 Å². The normalized spacial score (nSPS) is 17.8. The van der Waals surface area contributed by atoms with Crippen molar-refractivity contribution in [3.05, 3.63) is 29.0 Å². The lowest BCUT2D eigenvalue weighted by atomic mass is 10.1. The first-order valence-electron chi connectivity index (χ1n) is 8.06. The molecular weight excluding hydrogens is 308 g/mol. The van der Waals surface area contributed by atoms with E-state index in [-0.39, 0.29) is 11.7 Å². The van der Waals surface area contributed by atoms with Gasteiger partial charge in [-0.15, -0.1) is 5.10 Å². The van der Waals surface area contributed by atoms with Crippen molar-refractivity contribution in [2.45, 2.75) is 39.7 Å². The highest BCUT2D eigenvalue weighted by Crippen LogP contribution is 2.27. The number of carbonyl (C=O) groups is 1. The summed E-state index contributed by atoms with van der Waals surface area (Å²) in [7, 11) is 1.34. The molecule has 3 rings (SSSR count). The first-order chi connectivity index (χ1) is 11.5. The number of carbonyl (C=O) groups excluding carboxylic acids is 1. The highest BCUT2D eigenvalue weighted by atomic mass is 16.5. The van der Waals surface area contributed by atoms with E-state index < -0.39 is 5.97 Å². The third-order valence-corrected chi connectivity index (χ3v) is 4.45. The van der Waals surface area contributed by atoms with Crippen LogP contribution in [0.5, 0.6) is 0 Å². The van der Waals surface area contributed by atoms with Crippen molar-refractivity contribution in [2.75, 3.05) is 25.1 Å². The number of nitrogens with zero attached hydrogens (tertiary/aromatic N) is 6. The summed E-state index contributed by atoms with van der Waals surface area (Å²) in [5, 5.41) is 8.00. The summed E-state index contributed by atoms with van der Waals surface area (Å²) in [6.07, 6.45) is 3.67. The lowest BCUT2D eigenvalue weighted by Crippen LogP contribution is -2.38. The van der Waals surface area contributed by atoms with Crippen molar-refractivity contribution in [1.82, 2.24) is 25.0 Å². The molecular formula is C16H22N6O2. The van der Waals surface area contributed by atoms with Crippen LogP contribution in [0.15, 0.2) is 6.20 Å². The number of aromatic nitrogens is 5. The van der Waals surface area contributed by atoms with E-state index in [0.717, 1.165) is 48.8 Å². The lowest BCUT2D eigenvalue weighted by molar-refractivity contribution is 0.0594. The second kappa shape index (κ2) is 6.54. The molecule has 0 aromatic carbocycles. The van der Waals surface area contributed by atoms with Crippen LogP contribution in [0.25, 0.3) is 0 Å². The van der Waals surface area contributed by atoms with Crippen molar-refractivity contribution in [3.8, 4) is 0 Å². The fourth-order valence-electron chi connectivity index (χ4n) is 3.07. The van der Waals surface area contributed by atoms with Gasteiger partial charge >= 0.3 is 5.97 Å². The van der Waals surface area contributed by atoms with E-state index in [1.165, 1.54) is 7.11 Å². The molecule has 0 saturated carbocycles. The van der Waals surface area contributed by atoms with Crippen LogP contribution in [0.2, 0.25) is 0 Å². The van der Waals surface area contributed by atoms with Gasteiger partial charge in [0, 0.05) is 24.3 Å². The molecule has 0 N–H and O–H groups in total. The molecule has 128 valence electrons. The summed E-state index contributed by atoms with van der Waals surface area (Å²) in [6.45, 7) is 7.71. The fourth-order valence-corrected chi connectivity index (χ4v) is 3.07. The standard InChI is InChI=1S/C16H22N6O2/c1-10-11(2)17-12(3)18-15(10)21-7-5-6-13(8-21)22-9-14(19-20-22)16(23)24-4/h9,13H,5-8H2,1-4H3/t13-/m1/s1. The maximum atomic E-state index is 11.5. The van der Waals surface area contributed by atoms with E-state index in [4.69, 9.17) is 0 Å². The summed E-state index contributed by atoms with van der Waals surface area (Å²) in [4.78, 5) is 22.9. The van der Waals surface area contributed by atoms with Crippen LogP contribution in [0.3, 0.4) is 0 Å². The molecule has 0 aliphatic carbocycles. The zero-order valence-electron chi connectivity index (χ0n) is 14.5. The molecule has 3 heterocycles. The Kier molecular flexibility index (Phi) is 4.46. The molecule has 0 radical (unpaired) electrons. The number of aryl methyl sites for hydroxylation is 2. The summed E-state index contributed by atoms with van der Waals surface area (Å²) in [6, 6.07) is 0.152. The monoisotopic (exact) mass is 330 g/mol. The van der Waals surface area contributed by atoms with E-state index in [1.807, 2.05) is 13.8 Å². The zero-order chi connectivity index (χ0) is 17.3. The Morgan fingerprint density at radius 3 is 2.83 bits per heavy atom. The van der Waals surface area contributed by atoms with Gasteiger partial charge in [-0.2, -0.15) is 0 Å². The Morgan fingerprint density at radius 1 is 1.29 bits per heavy atom. The van der Waals surface area contributed by atoms with E-state index in [9.17, 15) is 4.79 Å². The molecule has 0 spiro atoms. The van der Waals surface area contributed by atoms with Gasteiger partial charge in [-0.1, -0.05) is 5.21 Å². The smallest absolute Gasteiger partial charge is 0.360 e. The molecule has 2 aromatic rings. The topological polar surface area (TPSA) is 86.0 Å². The molecule has 1 fully saturated rings. The molecule has 0 bridgehead atoms. The summed E-state index contributed by atoms with van der Waals surface area (Å²) in [5.74, 6) is 1.30. The predicted molar refractivity (Wildman–Crippen MR) is 88.1 cm³/mol. The first kappa shape index (κ1) is 16.4. The zero-order valence-corrected chi connectivity index (χ0v) is 14.5. The first-order valence-corrected chi connectivity index (χ1v) is 8.06. The molecule has 8 heteroatoms. The number of anilines is 1. The number of piperidine rings is 1. The predicted octanol–water partition coefficient (Wildman–Crippen LogP) is 1.62. The maximum Gasteiger partial charge on any atom is 0.360 e. The van der Waals surface area contributed by atoms with Crippen molar-refractivity contribution in [1.29, 1.82) is 0 Å². The minimum absolute atomic E-state index is 0.152. The Hall–Kier alpha value is -2.51. The molecule has 24 heavy (non-hydrogen) atoms. The van der Waals surface area contributed by atoms with Gasteiger partial charge in [0.1, 0.15) is 11.6 Å². The quantitative estimate of drug-likeness (QED) is 0.790. The average molecular weight is 330 g/mol. The minimum Gasteiger partial charge on any atom is -0.464 e. The highest BCUT2D eigenvalue weighted by molar-refractivity contribution is 5.86. The molecule has 0 unspecified atom stereocenters. The van der Waals surface area contributed by atoms with Crippen molar-refractivity contribution >= 4 is 11.8 Å². The largest absolute Gasteiger partial charge is 0.464 e. The van der Waals surface area contributed by atoms with Crippen LogP contribution in [-0.2, 0) is 4.74 Å². The van der Waals surface area contributed by atoms with Gasteiger partial charge in [-0.3, -0.25) is 0 Å². The van der Waals surface area contributed by atoms with Gasteiger partial charge in [-0.05, 0) is 33.6 Å². The molecule has 1 aliphatic rings. The van der Waals surface area contributed by atoms with Gasteiger partial charge in [0.05, 0.1) is 19.3 Å². The fraction of sp³-hybridized carbons (Fsp3) is 0.562. The maximum absolute atomic E-state index is 11.5. The Balaban J connectivity index is 1.82. The SMILES string of the molecule is COC(=O)c1cn([C@@H]2CCCN(c3nc(C)nc(C)c3C)C2)nn1. The van der Waals surface area contributed by atoms with Gasteiger partial charge in [0.25, 0.3) is 0 Å². The molecule has 2 aromatic heterocycles. The molecule has 1 aliphatic heterocycles. The Labute approximate surface area is 140 Å². The third kappa shape index (κ3) is 3.08. The van der Waals surface area contributed by atoms with Crippen molar-refractivity contribution < 1.29 is 9.53 Å². The summed E-state index contributed by atoms with van der Waals surface area (Å²) >= 11 is 0. The van der Waals surface area contributed by atoms with Crippen molar-refractivity contribution in [3.63, 3.8) is 0 Å². The molecule has 1 atom stereocenters. The number of rotatable bonds is 3. The van der Waals surface area contributed by atoms with Gasteiger partial charge < -0.3 is 9.64 Å². The second-order valence-corrected chi connectivity index (χ2v) is 6.12. The Bertz CT molecular complexity index is 757. The highest BCUT2D eigenvalue weighted by Gasteiger charge is 2.26. The van der Waals surface area contributed by atoms with Crippen LogP contribution in [0, 0.1) is 20.8 Å². The number of hydrogen-bond donors (Lipinski definition) is 0. The molecule has 1 saturated heterocycles. The summed E-state index contributed by atoms with van der Waals surface area (Å²) < 4.78 is 6.45. The van der Waals surface area contributed by atoms with Gasteiger partial charge in [0.15, 0.2) is 5.69 Å². The van der Waals surface area contributed by atoms with E-state index in [0.29, 0.717) is 0 Å². The number of ether oxygens (including phenoxy) is 1. The third-order valence-electron chi connectivity index (χ3n) is 4.45. The van der Waals surface area contributed by atoms with E-state index >= 15 is 0 Å². The number of esters is 1.